The molecule has 3 aliphatic rings. The number of hydrogen-bond donors (Lipinski definition) is 0. The Bertz CT molecular complexity index is 818. The first kappa shape index (κ1) is 19.1. The van der Waals surface area contributed by atoms with E-state index in [1.807, 2.05) is 0 Å². The van der Waals surface area contributed by atoms with Gasteiger partial charge in [-0.25, -0.2) is 9.97 Å². The Morgan fingerprint density at radius 2 is 1.86 bits per heavy atom. The van der Waals surface area contributed by atoms with E-state index in [2.05, 4.69) is 35.1 Å². The third kappa shape index (κ3) is 4.35. The van der Waals surface area contributed by atoms with Crippen molar-refractivity contribution >= 4 is 5.88 Å². The first-order chi connectivity index (χ1) is 14.2. The van der Waals surface area contributed by atoms with Crippen molar-refractivity contribution in [2.75, 3.05) is 24.5 Å². The molecule has 2 aliphatic heterocycles. The maximum Gasteiger partial charge on any atom is 0.195 e. The lowest BCUT2D eigenvalue weighted by molar-refractivity contribution is 0.223. The molecule has 1 saturated carbocycles. The summed E-state index contributed by atoms with van der Waals surface area (Å²) in [5.41, 5.74) is 2.58. The normalized spacial score (nSPS) is 22.0. The van der Waals surface area contributed by atoms with Crippen molar-refractivity contribution < 1.29 is 4.42 Å². The van der Waals surface area contributed by atoms with Gasteiger partial charge in [-0.15, -0.1) is 0 Å². The Hall–Kier alpha value is -1.88. The first-order valence-corrected chi connectivity index (χ1v) is 11.7. The van der Waals surface area contributed by atoms with Crippen molar-refractivity contribution in [1.29, 1.82) is 0 Å². The molecule has 5 heteroatoms. The molecule has 0 radical (unpaired) electrons. The molecule has 0 aromatic carbocycles. The van der Waals surface area contributed by atoms with Gasteiger partial charge in [0.15, 0.2) is 5.88 Å². The van der Waals surface area contributed by atoms with Crippen molar-refractivity contribution in [3.05, 3.63) is 41.2 Å². The number of furan rings is 1. The lowest BCUT2D eigenvalue weighted by atomic mass is 9.88. The van der Waals surface area contributed by atoms with E-state index in [0.29, 0.717) is 5.92 Å². The van der Waals surface area contributed by atoms with E-state index in [4.69, 9.17) is 14.4 Å². The standard InChI is InChI=1S/C24H34N4O/c1-18-9-13-28(14-10-18)23-8-7-21(29-23)17-27-12-11-22-20(16-27)15-25-24(26-22)19-5-3-2-4-6-19/h7-8,15,18-19H,2-6,9-14,16-17H2,1H3. The predicted molar refractivity (Wildman–Crippen MR) is 115 cm³/mol. The Labute approximate surface area is 174 Å². The smallest absolute Gasteiger partial charge is 0.195 e. The maximum absolute atomic E-state index is 6.20. The van der Waals surface area contributed by atoms with E-state index in [1.54, 1.807) is 0 Å². The lowest BCUT2D eigenvalue weighted by Crippen LogP contribution is -2.32. The van der Waals surface area contributed by atoms with Crippen molar-refractivity contribution in [2.24, 2.45) is 5.92 Å². The first-order valence-electron chi connectivity index (χ1n) is 11.7. The van der Waals surface area contributed by atoms with Gasteiger partial charge in [0, 0.05) is 62.0 Å². The molecule has 0 unspecified atom stereocenters. The van der Waals surface area contributed by atoms with Crippen LogP contribution in [0.25, 0.3) is 0 Å². The summed E-state index contributed by atoms with van der Waals surface area (Å²) in [5, 5.41) is 0. The lowest BCUT2D eigenvalue weighted by Gasteiger charge is -2.30. The minimum Gasteiger partial charge on any atom is -0.444 e. The average Bonchev–Trinajstić information content (AvgIpc) is 3.23. The van der Waals surface area contributed by atoms with Crippen LogP contribution < -0.4 is 4.90 Å². The average molecular weight is 395 g/mol. The predicted octanol–water partition coefficient (Wildman–Crippen LogP) is 4.91. The number of nitrogens with zero attached hydrogens (tertiary/aromatic N) is 4. The van der Waals surface area contributed by atoms with Crippen LogP contribution in [0, 0.1) is 5.92 Å². The van der Waals surface area contributed by atoms with E-state index in [-0.39, 0.29) is 0 Å². The van der Waals surface area contributed by atoms with Crippen molar-refractivity contribution in [3.8, 4) is 0 Å². The number of anilines is 1. The largest absolute Gasteiger partial charge is 0.444 e. The Morgan fingerprint density at radius 1 is 1.03 bits per heavy atom. The molecule has 2 aromatic heterocycles. The van der Waals surface area contributed by atoms with Crippen LogP contribution in [0.3, 0.4) is 0 Å². The summed E-state index contributed by atoms with van der Waals surface area (Å²) in [7, 11) is 0. The van der Waals surface area contributed by atoms with Gasteiger partial charge in [0.05, 0.1) is 6.54 Å². The van der Waals surface area contributed by atoms with Gasteiger partial charge in [0.25, 0.3) is 0 Å². The third-order valence-corrected chi connectivity index (χ3v) is 7.12. The van der Waals surface area contributed by atoms with Crippen molar-refractivity contribution in [3.63, 3.8) is 0 Å². The summed E-state index contributed by atoms with van der Waals surface area (Å²) in [6.45, 7) is 7.43. The molecule has 1 aliphatic carbocycles. The number of fused-ring (bicyclic) bond motifs is 1. The van der Waals surface area contributed by atoms with Crippen LogP contribution in [0.5, 0.6) is 0 Å². The molecular weight excluding hydrogens is 360 g/mol. The van der Waals surface area contributed by atoms with Crippen molar-refractivity contribution in [2.45, 2.75) is 77.3 Å². The molecule has 4 heterocycles. The fraction of sp³-hybridized carbons (Fsp3) is 0.667. The number of aromatic nitrogens is 2. The molecule has 0 spiro atoms. The Morgan fingerprint density at radius 3 is 2.69 bits per heavy atom. The van der Waals surface area contributed by atoms with Crippen LogP contribution >= 0.6 is 0 Å². The molecule has 0 atom stereocenters. The van der Waals surface area contributed by atoms with Gasteiger partial charge in [0.2, 0.25) is 0 Å². The van der Waals surface area contributed by atoms with Crippen LogP contribution in [-0.4, -0.2) is 34.5 Å². The molecule has 0 amide bonds. The fourth-order valence-corrected chi connectivity index (χ4v) is 5.15. The summed E-state index contributed by atoms with van der Waals surface area (Å²) in [6, 6.07) is 4.31. The minimum atomic E-state index is 0.589. The van der Waals surface area contributed by atoms with Gasteiger partial charge in [-0.05, 0) is 37.7 Å². The topological polar surface area (TPSA) is 45.4 Å². The SMILES string of the molecule is CC1CCN(c2ccc(CN3CCc4nc(C5CCCCC5)ncc4C3)o2)CC1. The van der Waals surface area contributed by atoms with Gasteiger partial charge in [-0.2, -0.15) is 0 Å². The summed E-state index contributed by atoms with van der Waals surface area (Å²) in [6.07, 6.45) is 12.2. The van der Waals surface area contributed by atoms with Crippen LogP contribution in [0.15, 0.2) is 22.7 Å². The van der Waals surface area contributed by atoms with Crippen molar-refractivity contribution in [1.82, 2.24) is 14.9 Å². The highest BCUT2D eigenvalue weighted by Crippen LogP contribution is 2.32. The molecule has 29 heavy (non-hydrogen) atoms. The van der Waals surface area contributed by atoms with Gasteiger partial charge in [-0.3, -0.25) is 4.90 Å². The summed E-state index contributed by atoms with van der Waals surface area (Å²) in [5.74, 6) is 4.65. The fourth-order valence-electron chi connectivity index (χ4n) is 5.15. The maximum atomic E-state index is 6.20. The Kier molecular flexibility index (Phi) is 5.58. The van der Waals surface area contributed by atoms with Gasteiger partial charge < -0.3 is 9.32 Å². The van der Waals surface area contributed by atoms with Gasteiger partial charge in [-0.1, -0.05) is 26.2 Å². The molecule has 5 nitrogen and oxygen atoms in total. The monoisotopic (exact) mass is 394 g/mol. The summed E-state index contributed by atoms with van der Waals surface area (Å²) in [4.78, 5) is 14.6. The number of piperidine rings is 1. The molecule has 0 bridgehead atoms. The zero-order valence-corrected chi connectivity index (χ0v) is 17.8. The van der Waals surface area contributed by atoms with Crippen LogP contribution in [0.1, 0.15) is 80.6 Å². The van der Waals surface area contributed by atoms with E-state index >= 15 is 0 Å². The highest BCUT2D eigenvalue weighted by Gasteiger charge is 2.24. The second kappa shape index (κ2) is 8.47. The summed E-state index contributed by atoms with van der Waals surface area (Å²) >= 11 is 0. The molecule has 0 N–H and O–H groups in total. The molecule has 1 saturated heterocycles. The number of hydrogen-bond acceptors (Lipinski definition) is 5. The Balaban J connectivity index is 1.20. The van der Waals surface area contributed by atoms with E-state index in [0.717, 1.165) is 62.5 Å². The third-order valence-electron chi connectivity index (χ3n) is 7.12. The molecule has 2 fully saturated rings. The molecule has 5 rings (SSSR count). The van der Waals surface area contributed by atoms with E-state index in [9.17, 15) is 0 Å². The summed E-state index contributed by atoms with van der Waals surface area (Å²) < 4.78 is 6.20. The molecular formula is C24H34N4O. The zero-order chi connectivity index (χ0) is 19.6. The second-order valence-electron chi connectivity index (χ2n) is 9.41. The minimum absolute atomic E-state index is 0.589. The number of rotatable bonds is 4. The van der Waals surface area contributed by atoms with Gasteiger partial charge in [0.1, 0.15) is 11.6 Å². The highest BCUT2D eigenvalue weighted by molar-refractivity contribution is 5.37. The van der Waals surface area contributed by atoms with E-state index in [1.165, 1.54) is 56.2 Å². The molecule has 2 aromatic rings. The van der Waals surface area contributed by atoms with Crippen LogP contribution in [0.2, 0.25) is 0 Å². The zero-order valence-electron chi connectivity index (χ0n) is 17.8. The van der Waals surface area contributed by atoms with E-state index < -0.39 is 0 Å². The highest BCUT2D eigenvalue weighted by atomic mass is 16.4. The second-order valence-corrected chi connectivity index (χ2v) is 9.41. The van der Waals surface area contributed by atoms with Gasteiger partial charge >= 0.3 is 0 Å². The van der Waals surface area contributed by atoms with Crippen LogP contribution in [0.4, 0.5) is 5.88 Å². The quantitative estimate of drug-likeness (QED) is 0.737. The van der Waals surface area contributed by atoms with Crippen LogP contribution in [-0.2, 0) is 19.5 Å². The molecule has 156 valence electrons.